The monoisotopic (exact) mass is 260 g/mol. The number of hydrogen-bond donors (Lipinski definition) is 0. The smallest absolute Gasteiger partial charge is 0.327 e. The maximum atomic E-state index is 6.12. The number of hydrogen-bond acceptors (Lipinski definition) is 2. The van der Waals surface area contributed by atoms with E-state index in [0.717, 1.165) is 26.1 Å². The fourth-order valence-electron chi connectivity index (χ4n) is 1.59. The van der Waals surface area contributed by atoms with Crippen molar-refractivity contribution in [2.75, 3.05) is 13.2 Å². The lowest BCUT2D eigenvalue weighted by molar-refractivity contribution is 0.141. The Hall–Kier alpha value is 0.137. The molecule has 0 heterocycles. The molecule has 0 aliphatic carbocycles. The average molecular weight is 260 g/mol. The Bertz CT molecular complexity index is 177. The first-order chi connectivity index (χ1) is 7.85. The Balaban J connectivity index is 4.47. The molecule has 0 unspecified atom stereocenters. The Kier molecular flexibility index (Phi) is 8.34. The van der Waals surface area contributed by atoms with Crippen LogP contribution in [0.15, 0.2) is 0 Å². The molecule has 0 bridgehead atoms. The van der Waals surface area contributed by atoms with E-state index in [4.69, 9.17) is 8.85 Å². The van der Waals surface area contributed by atoms with Crippen LogP contribution in [-0.2, 0) is 8.85 Å². The summed E-state index contributed by atoms with van der Waals surface area (Å²) < 4.78 is 12.2. The lowest BCUT2D eigenvalue weighted by atomic mass is 10.1. The van der Waals surface area contributed by atoms with Crippen LogP contribution in [0.25, 0.3) is 0 Å². The van der Waals surface area contributed by atoms with Crippen molar-refractivity contribution >= 4 is 9.28 Å². The van der Waals surface area contributed by atoms with Crippen LogP contribution in [0.3, 0.4) is 0 Å². The van der Waals surface area contributed by atoms with Gasteiger partial charge in [0, 0.05) is 18.3 Å². The normalized spacial score (nSPS) is 13.1. The first kappa shape index (κ1) is 17.1. The van der Waals surface area contributed by atoms with Gasteiger partial charge < -0.3 is 8.85 Å². The summed E-state index contributed by atoms with van der Waals surface area (Å²) in [5, 5.41) is 0.268. The van der Waals surface area contributed by atoms with Gasteiger partial charge in [0.2, 0.25) is 0 Å². The summed E-state index contributed by atoms with van der Waals surface area (Å²) in [6.07, 6.45) is 2.30. The zero-order valence-corrected chi connectivity index (χ0v) is 14.0. The first-order valence-corrected chi connectivity index (χ1v) is 8.60. The molecule has 0 rings (SSSR count). The molecule has 0 aliphatic heterocycles. The van der Waals surface area contributed by atoms with Gasteiger partial charge in [-0.2, -0.15) is 0 Å². The molecule has 0 aromatic rings. The van der Waals surface area contributed by atoms with E-state index < -0.39 is 9.28 Å². The second kappa shape index (κ2) is 8.28. The molecule has 0 aromatic heterocycles. The van der Waals surface area contributed by atoms with E-state index in [-0.39, 0.29) is 5.04 Å². The molecule has 104 valence electrons. The quantitative estimate of drug-likeness (QED) is 0.580. The minimum absolute atomic E-state index is 0.268. The Morgan fingerprint density at radius 1 is 0.882 bits per heavy atom. The summed E-state index contributed by atoms with van der Waals surface area (Å²) >= 11 is 0. The molecule has 0 aromatic carbocycles. The van der Waals surface area contributed by atoms with Crippen molar-refractivity contribution in [1.82, 2.24) is 0 Å². The molecule has 0 amide bonds. The zero-order valence-electron chi connectivity index (χ0n) is 12.9. The van der Waals surface area contributed by atoms with Crippen molar-refractivity contribution in [3.63, 3.8) is 0 Å². The SMILES string of the molecule is CCC(C)(CC)[SiH](OCC(C)C)OCC(C)C. The van der Waals surface area contributed by atoms with Gasteiger partial charge in [0.1, 0.15) is 0 Å². The van der Waals surface area contributed by atoms with E-state index in [2.05, 4.69) is 48.5 Å². The van der Waals surface area contributed by atoms with E-state index in [1.165, 1.54) is 0 Å². The second-order valence-electron chi connectivity index (χ2n) is 6.15. The highest BCUT2D eigenvalue weighted by atomic mass is 28.3. The highest BCUT2D eigenvalue weighted by Gasteiger charge is 2.36. The summed E-state index contributed by atoms with van der Waals surface area (Å²) in [6.45, 7) is 17.3. The van der Waals surface area contributed by atoms with Gasteiger partial charge in [-0.05, 0) is 24.7 Å². The third-order valence-electron chi connectivity index (χ3n) is 3.35. The first-order valence-electron chi connectivity index (χ1n) is 7.08. The highest BCUT2D eigenvalue weighted by Crippen LogP contribution is 2.38. The molecule has 0 aliphatic rings. The van der Waals surface area contributed by atoms with Crippen LogP contribution in [0.4, 0.5) is 0 Å². The fraction of sp³-hybridized carbons (Fsp3) is 1.00. The predicted molar refractivity (Wildman–Crippen MR) is 77.7 cm³/mol. The molecular weight excluding hydrogens is 228 g/mol. The van der Waals surface area contributed by atoms with E-state index in [9.17, 15) is 0 Å². The van der Waals surface area contributed by atoms with Gasteiger partial charge in [-0.25, -0.2) is 0 Å². The Morgan fingerprint density at radius 3 is 1.47 bits per heavy atom. The summed E-state index contributed by atoms with van der Waals surface area (Å²) in [5.41, 5.74) is 0. The van der Waals surface area contributed by atoms with Gasteiger partial charge >= 0.3 is 9.28 Å². The maximum Gasteiger partial charge on any atom is 0.327 e. The molecule has 17 heavy (non-hydrogen) atoms. The molecular formula is C14H32O2Si. The third-order valence-corrected chi connectivity index (χ3v) is 6.29. The summed E-state index contributed by atoms with van der Waals surface area (Å²) in [7, 11) is -1.58. The molecule has 0 spiro atoms. The highest BCUT2D eigenvalue weighted by molar-refractivity contribution is 6.48. The van der Waals surface area contributed by atoms with Crippen LogP contribution in [0.1, 0.15) is 61.3 Å². The molecule has 0 N–H and O–H groups in total. The van der Waals surface area contributed by atoms with Gasteiger partial charge in [0.05, 0.1) is 0 Å². The van der Waals surface area contributed by atoms with Crippen LogP contribution < -0.4 is 0 Å². The van der Waals surface area contributed by atoms with Crippen molar-refractivity contribution < 1.29 is 8.85 Å². The van der Waals surface area contributed by atoms with Gasteiger partial charge in [-0.3, -0.25) is 0 Å². The molecule has 0 fully saturated rings. The van der Waals surface area contributed by atoms with Crippen molar-refractivity contribution in [3.05, 3.63) is 0 Å². The lowest BCUT2D eigenvalue weighted by Gasteiger charge is -2.34. The Morgan fingerprint density at radius 2 is 1.24 bits per heavy atom. The standard InChI is InChI=1S/C14H32O2Si/c1-8-14(7,9-2)17(15-10-12(3)4)16-11-13(5)6/h12-13,17H,8-11H2,1-7H3. The van der Waals surface area contributed by atoms with E-state index >= 15 is 0 Å². The van der Waals surface area contributed by atoms with E-state index in [1.807, 2.05) is 0 Å². The predicted octanol–water partition coefficient (Wildman–Crippen LogP) is 4.13. The molecule has 2 nitrogen and oxygen atoms in total. The average Bonchev–Trinajstić information content (AvgIpc) is 2.27. The fourth-order valence-corrected chi connectivity index (χ4v) is 4.28. The topological polar surface area (TPSA) is 18.5 Å². The van der Waals surface area contributed by atoms with Crippen molar-refractivity contribution in [1.29, 1.82) is 0 Å². The largest absolute Gasteiger partial charge is 0.396 e. The third kappa shape index (κ3) is 6.58. The lowest BCUT2D eigenvalue weighted by Crippen LogP contribution is -2.38. The molecule has 0 saturated heterocycles. The molecule has 0 saturated carbocycles. The van der Waals surface area contributed by atoms with Gasteiger partial charge in [0.25, 0.3) is 0 Å². The molecule has 0 atom stereocenters. The second-order valence-corrected chi connectivity index (χ2v) is 8.87. The maximum absolute atomic E-state index is 6.12. The van der Waals surface area contributed by atoms with Crippen LogP contribution in [0, 0.1) is 11.8 Å². The summed E-state index contributed by atoms with van der Waals surface area (Å²) in [5.74, 6) is 1.18. The van der Waals surface area contributed by atoms with Crippen molar-refractivity contribution in [3.8, 4) is 0 Å². The molecule has 3 heteroatoms. The van der Waals surface area contributed by atoms with Gasteiger partial charge in [0.15, 0.2) is 0 Å². The van der Waals surface area contributed by atoms with Crippen LogP contribution in [0.5, 0.6) is 0 Å². The minimum Gasteiger partial charge on any atom is -0.396 e. The number of rotatable bonds is 9. The summed E-state index contributed by atoms with van der Waals surface area (Å²) in [4.78, 5) is 0. The minimum atomic E-state index is -1.58. The van der Waals surface area contributed by atoms with Crippen LogP contribution in [0.2, 0.25) is 5.04 Å². The summed E-state index contributed by atoms with van der Waals surface area (Å²) in [6, 6.07) is 0. The van der Waals surface area contributed by atoms with Crippen molar-refractivity contribution in [2.24, 2.45) is 11.8 Å². The zero-order chi connectivity index (χ0) is 13.5. The van der Waals surface area contributed by atoms with E-state index in [1.54, 1.807) is 0 Å². The Labute approximate surface area is 110 Å². The molecule has 0 radical (unpaired) electrons. The van der Waals surface area contributed by atoms with Gasteiger partial charge in [-0.15, -0.1) is 0 Å². The van der Waals surface area contributed by atoms with Crippen LogP contribution >= 0.6 is 0 Å². The van der Waals surface area contributed by atoms with E-state index in [0.29, 0.717) is 11.8 Å². The van der Waals surface area contributed by atoms with Crippen molar-refractivity contribution in [2.45, 2.75) is 66.3 Å². The van der Waals surface area contributed by atoms with Gasteiger partial charge in [-0.1, -0.05) is 48.5 Å². The van der Waals surface area contributed by atoms with Crippen LogP contribution in [-0.4, -0.2) is 22.5 Å².